The van der Waals surface area contributed by atoms with Crippen molar-refractivity contribution in [3.63, 3.8) is 0 Å². The highest BCUT2D eigenvalue weighted by Gasteiger charge is 2.24. The van der Waals surface area contributed by atoms with Crippen molar-refractivity contribution >= 4 is 23.5 Å². The first-order chi connectivity index (χ1) is 15.6. The van der Waals surface area contributed by atoms with E-state index in [9.17, 15) is 4.39 Å². The molecule has 3 heterocycles. The van der Waals surface area contributed by atoms with E-state index in [1.54, 1.807) is 24.7 Å². The Morgan fingerprint density at radius 3 is 2.78 bits per heavy atom. The molecule has 170 valence electrons. The minimum atomic E-state index is -0.471. The number of benzene rings is 1. The van der Waals surface area contributed by atoms with E-state index in [4.69, 9.17) is 4.74 Å². The van der Waals surface area contributed by atoms with Crippen LogP contribution in [0.15, 0.2) is 36.9 Å². The van der Waals surface area contributed by atoms with Gasteiger partial charge in [0.15, 0.2) is 11.6 Å². The van der Waals surface area contributed by atoms with Gasteiger partial charge in [-0.25, -0.2) is 9.37 Å². The number of hydrogen-bond acceptors (Lipinski definition) is 9. The molecular formula is C21H28FN9O. The lowest BCUT2D eigenvalue weighted by atomic mass is 10.0. The van der Waals surface area contributed by atoms with Crippen LogP contribution in [0.25, 0.3) is 0 Å². The Bertz CT molecular complexity index is 1010. The zero-order valence-corrected chi connectivity index (χ0v) is 18.2. The molecule has 0 amide bonds. The number of imidazole rings is 1. The van der Waals surface area contributed by atoms with E-state index in [2.05, 4.69) is 48.1 Å². The average Bonchev–Trinajstić information content (AvgIpc) is 3.50. The largest absolute Gasteiger partial charge is 0.494 e. The number of nitrogens with one attached hydrogen (secondary N) is 4. The molecule has 4 rings (SSSR count). The SMILES string of the molecule is CCC(Nc1nc(NCn2ccnc2)nc(Nc2ccc(OC)c(F)c2)n1)C1CCCN1. The Morgan fingerprint density at radius 2 is 2.09 bits per heavy atom. The van der Waals surface area contributed by atoms with Crippen LogP contribution in [-0.2, 0) is 6.67 Å². The van der Waals surface area contributed by atoms with E-state index in [1.165, 1.54) is 13.2 Å². The van der Waals surface area contributed by atoms with Crippen molar-refractivity contribution in [1.82, 2.24) is 29.8 Å². The van der Waals surface area contributed by atoms with Crippen molar-refractivity contribution in [2.45, 2.75) is 44.9 Å². The first-order valence-electron chi connectivity index (χ1n) is 10.7. The van der Waals surface area contributed by atoms with Gasteiger partial charge in [0.05, 0.1) is 20.1 Å². The summed E-state index contributed by atoms with van der Waals surface area (Å²) in [4.78, 5) is 17.5. The molecule has 1 aromatic carbocycles. The lowest BCUT2D eigenvalue weighted by Gasteiger charge is -2.24. The quantitative estimate of drug-likeness (QED) is 0.377. The highest BCUT2D eigenvalue weighted by molar-refractivity contribution is 5.57. The summed E-state index contributed by atoms with van der Waals surface area (Å²) >= 11 is 0. The van der Waals surface area contributed by atoms with E-state index in [0.717, 1.165) is 25.8 Å². The molecule has 0 spiro atoms. The summed E-state index contributed by atoms with van der Waals surface area (Å²) in [6, 6.07) is 5.15. The van der Waals surface area contributed by atoms with Crippen molar-refractivity contribution in [2.75, 3.05) is 29.6 Å². The van der Waals surface area contributed by atoms with Gasteiger partial charge >= 0.3 is 0 Å². The van der Waals surface area contributed by atoms with E-state index in [1.807, 2.05) is 10.8 Å². The van der Waals surface area contributed by atoms with E-state index >= 15 is 0 Å². The van der Waals surface area contributed by atoms with E-state index < -0.39 is 5.82 Å². The van der Waals surface area contributed by atoms with Crippen LogP contribution in [0.5, 0.6) is 5.75 Å². The standard InChI is InChI=1S/C21H28FN9O/c1-3-16(17-5-4-8-24-17)27-21-29-19(25-13-31-10-9-23-12-31)28-20(30-21)26-14-6-7-18(32-2)15(22)11-14/h6-7,9-12,16-17,24H,3-5,8,13H2,1-2H3,(H3,25,26,27,28,29,30). The maximum absolute atomic E-state index is 14.1. The van der Waals surface area contributed by atoms with Gasteiger partial charge in [-0.2, -0.15) is 15.0 Å². The van der Waals surface area contributed by atoms with Gasteiger partial charge in [0.2, 0.25) is 17.8 Å². The molecule has 32 heavy (non-hydrogen) atoms. The summed E-state index contributed by atoms with van der Waals surface area (Å²) in [5.41, 5.74) is 0.505. The Hall–Kier alpha value is -3.47. The van der Waals surface area contributed by atoms with Gasteiger partial charge in [-0.15, -0.1) is 0 Å². The Kier molecular flexibility index (Phi) is 6.95. The van der Waals surface area contributed by atoms with Gasteiger partial charge in [-0.05, 0) is 37.9 Å². The Morgan fingerprint density at radius 1 is 1.25 bits per heavy atom. The van der Waals surface area contributed by atoms with Crippen molar-refractivity contribution < 1.29 is 9.13 Å². The number of halogens is 1. The molecule has 2 aromatic heterocycles. The highest BCUT2D eigenvalue weighted by atomic mass is 19.1. The molecule has 3 aromatic rings. The maximum atomic E-state index is 14.1. The second-order valence-corrected chi connectivity index (χ2v) is 7.55. The van der Waals surface area contributed by atoms with Crippen LogP contribution in [0.3, 0.4) is 0 Å². The van der Waals surface area contributed by atoms with Crippen LogP contribution < -0.4 is 26.0 Å². The fourth-order valence-corrected chi connectivity index (χ4v) is 3.70. The predicted octanol–water partition coefficient (Wildman–Crippen LogP) is 2.97. The van der Waals surface area contributed by atoms with Crippen molar-refractivity contribution in [3.8, 4) is 5.75 Å². The topological polar surface area (TPSA) is 114 Å². The smallest absolute Gasteiger partial charge is 0.233 e. The van der Waals surface area contributed by atoms with Gasteiger partial charge in [-0.1, -0.05) is 6.92 Å². The molecule has 0 radical (unpaired) electrons. The van der Waals surface area contributed by atoms with Crippen LogP contribution in [0.1, 0.15) is 26.2 Å². The number of ether oxygens (including phenoxy) is 1. The lowest BCUT2D eigenvalue weighted by molar-refractivity contribution is 0.386. The summed E-state index contributed by atoms with van der Waals surface area (Å²) in [6.45, 7) is 3.60. The van der Waals surface area contributed by atoms with Gasteiger partial charge < -0.3 is 30.6 Å². The Balaban J connectivity index is 1.56. The van der Waals surface area contributed by atoms with Gasteiger partial charge in [0, 0.05) is 36.2 Å². The van der Waals surface area contributed by atoms with E-state index in [0.29, 0.717) is 36.2 Å². The first-order valence-corrected chi connectivity index (χ1v) is 10.7. The molecule has 2 unspecified atom stereocenters. The average molecular weight is 442 g/mol. The van der Waals surface area contributed by atoms with Crippen LogP contribution in [-0.4, -0.2) is 50.2 Å². The second-order valence-electron chi connectivity index (χ2n) is 7.55. The molecule has 0 saturated carbocycles. The monoisotopic (exact) mass is 441 g/mol. The van der Waals surface area contributed by atoms with Crippen LogP contribution in [0.2, 0.25) is 0 Å². The lowest BCUT2D eigenvalue weighted by Crippen LogP contribution is -2.40. The first kappa shape index (κ1) is 21.8. The number of rotatable bonds is 10. The summed E-state index contributed by atoms with van der Waals surface area (Å²) in [7, 11) is 1.43. The number of anilines is 4. The minimum Gasteiger partial charge on any atom is -0.494 e. The number of nitrogens with zero attached hydrogens (tertiary/aromatic N) is 5. The molecule has 0 bridgehead atoms. The zero-order valence-electron chi connectivity index (χ0n) is 18.2. The van der Waals surface area contributed by atoms with Crippen LogP contribution in [0, 0.1) is 5.82 Å². The fraction of sp³-hybridized carbons (Fsp3) is 0.429. The van der Waals surface area contributed by atoms with Crippen molar-refractivity contribution in [3.05, 3.63) is 42.7 Å². The van der Waals surface area contributed by atoms with Gasteiger partial charge in [-0.3, -0.25) is 0 Å². The Labute approximate surface area is 186 Å². The third kappa shape index (κ3) is 5.41. The second kappa shape index (κ2) is 10.2. The summed E-state index contributed by atoms with van der Waals surface area (Å²) in [5.74, 6) is 0.842. The van der Waals surface area contributed by atoms with Crippen molar-refractivity contribution in [1.29, 1.82) is 0 Å². The van der Waals surface area contributed by atoms with Gasteiger partial charge in [0.25, 0.3) is 0 Å². The molecule has 10 nitrogen and oxygen atoms in total. The molecule has 1 saturated heterocycles. The normalized spacial score (nSPS) is 16.5. The molecule has 1 aliphatic rings. The predicted molar refractivity (Wildman–Crippen MR) is 121 cm³/mol. The maximum Gasteiger partial charge on any atom is 0.233 e. The van der Waals surface area contributed by atoms with Crippen LogP contribution in [0.4, 0.5) is 27.9 Å². The number of methoxy groups -OCH3 is 1. The molecule has 2 atom stereocenters. The summed E-state index contributed by atoms with van der Waals surface area (Å²) < 4.78 is 21.0. The molecule has 1 aliphatic heterocycles. The molecule has 11 heteroatoms. The number of hydrogen-bond donors (Lipinski definition) is 4. The summed E-state index contributed by atoms with van der Waals surface area (Å²) in [6.07, 6.45) is 8.44. The zero-order chi connectivity index (χ0) is 22.3. The van der Waals surface area contributed by atoms with Gasteiger partial charge in [0.1, 0.15) is 0 Å². The van der Waals surface area contributed by atoms with E-state index in [-0.39, 0.29) is 11.8 Å². The third-order valence-electron chi connectivity index (χ3n) is 5.36. The minimum absolute atomic E-state index is 0.172. The third-order valence-corrected chi connectivity index (χ3v) is 5.36. The molecule has 0 aliphatic carbocycles. The molecule has 1 fully saturated rings. The molecule has 4 N–H and O–H groups in total. The number of aromatic nitrogens is 5. The van der Waals surface area contributed by atoms with Crippen LogP contribution >= 0.6 is 0 Å². The molecular weight excluding hydrogens is 413 g/mol. The highest BCUT2D eigenvalue weighted by Crippen LogP contribution is 2.23. The fourth-order valence-electron chi connectivity index (χ4n) is 3.70. The summed E-state index contributed by atoms with van der Waals surface area (Å²) in [5, 5.41) is 13.2. The van der Waals surface area contributed by atoms with Crippen molar-refractivity contribution in [2.24, 2.45) is 0 Å².